The van der Waals surface area contributed by atoms with Gasteiger partial charge in [-0.3, -0.25) is 14.4 Å². The molecule has 5 nitrogen and oxygen atoms in total. The molecule has 0 aromatic rings. The van der Waals surface area contributed by atoms with E-state index in [9.17, 15) is 14.4 Å². The van der Waals surface area contributed by atoms with Crippen LogP contribution in [-0.4, -0.2) is 24.5 Å². The van der Waals surface area contributed by atoms with Crippen LogP contribution >= 0.6 is 0 Å². The summed E-state index contributed by atoms with van der Waals surface area (Å²) < 4.78 is 10.7. The van der Waals surface area contributed by atoms with Gasteiger partial charge >= 0.3 is 0 Å². The molecular formula is C19H20O5. The maximum absolute atomic E-state index is 12.2. The smallest absolute Gasteiger partial charge is 0.268 e. The van der Waals surface area contributed by atoms with Gasteiger partial charge in [0, 0.05) is 18.1 Å². The minimum Gasteiger partial charge on any atom is -0.493 e. The van der Waals surface area contributed by atoms with E-state index in [1.807, 2.05) is 0 Å². The van der Waals surface area contributed by atoms with Crippen LogP contribution in [-0.2, 0) is 23.9 Å². The molecule has 2 aliphatic carbocycles. The molecule has 0 unspecified atom stereocenters. The Hall–Kier alpha value is -2.43. The second-order valence-electron chi connectivity index (χ2n) is 6.31. The molecule has 1 saturated carbocycles. The van der Waals surface area contributed by atoms with Gasteiger partial charge in [0.2, 0.25) is 11.6 Å². The van der Waals surface area contributed by atoms with Crippen molar-refractivity contribution in [3.05, 3.63) is 47.2 Å². The van der Waals surface area contributed by atoms with Crippen LogP contribution in [0.5, 0.6) is 0 Å². The van der Waals surface area contributed by atoms with Crippen molar-refractivity contribution in [2.24, 2.45) is 5.92 Å². The zero-order valence-electron chi connectivity index (χ0n) is 13.7. The van der Waals surface area contributed by atoms with Crippen LogP contribution in [0.4, 0.5) is 0 Å². The molecule has 0 radical (unpaired) electrons. The van der Waals surface area contributed by atoms with E-state index in [2.05, 4.69) is 0 Å². The summed E-state index contributed by atoms with van der Waals surface area (Å²) in [5, 5.41) is 0. The topological polar surface area (TPSA) is 69.7 Å². The fourth-order valence-corrected chi connectivity index (χ4v) is 3.31. The maximum atomic E-state index is 12.2. The summed E-state index contributed by atoms with van der Waals surface area (Å²) in [5.74, 6) is -0.430. The average Bonchev–Trinajstić information content (AvgIpc) is 2.59. The van der Waals surface area contributed by atoms with Gasteiger partial charge < -0.3 is 9.47 Å². The third kappa shape index (κ3) is 3.40. The fourth-order valence-electron chi connectivity index (χ4n) is 3.31. The van der Waals surface area contributed by atoms with Gasteiger partial charge in [-0.15, -0.1) is 0 Å². The molecule has 3 rings (SSSR count). The van der Waals surface area contributed by atoms with Gasteiger partial charge in [-0.25, -0.2) is 0 Å². The Labute approximate surface area is 140 Å². The standard InChI is InChI=1S/C19H20O5/c1-23-17-10-13(7-8-15(17)20)19-18(22)16(21)11-14(24-19)9-12-5-3-2-4-6-12/h7-8,10-12H,2-6,9H2,1H3/b19-13-. The lowest BCUT2D eigenvalue weighted by Crippen LogP contribution is -2.24. The molecule has 0 amide bonds. The second kappa shape index (κ2) is 6.99. The summed E-state index contributed by atoms with van der Waals surface area (Å²) in [4.78, 5) is 35.8. The third-order valence-electron chi connectivity index (χ3n) is 4.60. The van der Waals surface area contributed by atoms with Gasteiger partial charge in [-0.1, -0.05) is 32.1 Å². The van der Waals surface area contributed by atoms with E-state index in [0.29, 0.717) is 23.7 Å². The highest BCUT2D eigenvalue weighted by Gasteiger charge is 2.30. The van der Waals surface area contributed by atoms with Gasteiger partial charge in [0.15, 0.2) is 11.5 Å². The molecule has 0 N–H and O–H groups in total. The first-order valence-electron chi connectivity index (χ1n) is 8.28. The molecule has 0 spiro atoms. The number of allylic oxidation sites excluding steroid dienone is 7. The number of methoxy groups -OCH3 is 1. The maximum Gasteiger partial charge on any atom is 0.268 e. The van der Waals surface area contributed by atoms with Crippen molar-refractivity contribution in [1.82, 2.24) is 0 Å². The molecule has 5 heteroatoms. The normalized spacial score (nSPS) is 25.3. The molecule has 0 aromatic heterocycles. The molecule has 1 aliphatic heterocycles. The zero-order chi connectivity index (χ0) is 17.1. The quantitative estimate of drug-likeness (QED) is 0.588. The Kier molecular flexibility index (Phi) is 4.79. The number of hydrogen-bond acceptors (Lipinski definition) is 5. The third-order valence-corrected chi connectivity index (χ3v) is 4.60. The molecule has 0 bridgehead atoms. The lowest BCUT2D eigenvalue weighted by atomic mass is 9.86. The Morgan fingerprint density at radius 3 is 2.50 bits per heavy atom. The summed E-state index contributed by atoms with van der Waals surface area (Å²) >= 11 is 0. The van der Waals surface area contributed by atoms with Gasteiger partial charge in [-0.2, -0.15) is 0 Å². The average molecular weight is 328 g/mol. The first kappa shape index (κ1) is 16.4. The largest absolute Gasteiger partial charge is 0.493 e. The van der Waals surface area contributed by atoms with Crippen molar-refractivity contribution in [1.29, 1.82) is 0 Å². The summed E-state index contributed by atoms with van der Waals surface area (Å²) in [6, 6.07) is 0. The number of ether oxygens (including phenoxy) is 2. The highest BCUT2D eigenvalue weighted by molar-refractivity contribution is 6.47. The summed E-state index contributed by atoms with van der Waals surface area (Å²) in [6.07, 6.45) is 12.1. The van der Waals surface area contributed by atoms with Crippen molar-refractivity contribution >= 4 is 17.3 Å². The number of carbonyl (C=O) groups excluding carboxylic acids is 3. The van der Waals surface area contributed by atoms with Crippen molar-refractivity contribution in [3.8, 4) is 0 Å². The van der Waals surface area contributed by atoms with Gasteiger partial charge in [0.1, 0.15) is 5.76 Å². The summed E-state index contributed by atoms with van der Waals surface area (Å²) in [7, 11) is 1.38. The highest BCUT2D eigenvalue weighted by atomic mass is 16.5. The van der Waals surface area contributed by atoms with Crippen LogP contribution in [0.25, 0.3) is 0 Å². The van der Waals surface area contributed by atoms with Crippen molar-refractivity contribution in [2.45, 2.75) is 38.5 Å². The van der Waals surface area contributed by atoms with Crippen LogP contribution in [0.3, 0.4) is 0 Å². The molecule has 24 heavy (non-hydrogen) atoms. The lowest BCUT2D eigenvalue weighted by molar-refractivity contribution is -0.134. The van der Waals surface area contributed by atoms with Crippen molar-refractivity contribution in [3.63, 3.8) is 0 Å². The van der Waals surface area contributed by atoms with Crippen LogP contribution in [0.2, 0.25) is 0 Å². The Bertz CT molecular complexity index is 699. The van der Waals surface area contributed by atoms with E-state index < -0.39 is 11.6 Å². The Balaban J connectivity index is 1.85. The van der Waals surface area contributed by atoms with Crippen molar-refractivity contribution < 1.29 is 23.9 Å². The Morgan fingerprint density at radius 1 is 1.04 bits per heavy atom. The summed E-state index contributed by atoms with van der Waals surface area (Å²) in [5.41, 5.74) is 0.388. The number of hydrogen-bond donors (Lipinski definition) is 0. The predicted molar refractivity (Wildman–Crippen MR) is 86.6 cm³/mol. The zero-order valence-corrected chi connectivity index (χ0v) is 13.7. The number of Topliss-reactive ketones (excluding diaryl/α,β-unsaturated/α-hetero) is 1. The molecule has 0 saturated heterocycles. The minimum atomic E-state index is -0.692. The van der Waals surface area contributed by atoms with Crippen LogP contribution < -0.4 is 0 Å². The molecule has 1 heterocycles. The fraction of sp³-hybridized carbons (Fsp3) is 0.421. The number of ketones is 3. The minimum absolute atomic E-state index is 0.0217. The monoisotopic (exact) mass is 328 g/mol. The molecule has 1 fully saturated rings. The van der Waals surface area contributed by atoms with E-state index in [4.69, 9.17) is 9.47 Å². The predicted octanol–water partition coefficient (Wildman–Crippen LogP) is 2.93. The number of carbonyl (C=O) groups is 3. The SMILES string of the molecule is COC1=C/C(=C2\OC(CC3CCCCC3)=CC(=O)C2=O)C=CC1=O. The van der Waals surface area contributed by atoms with E-state index in [1.165, 1.54) is 50.7 Å². The first-order valence-corrected chi connectivity index (χ1v) is 8.28. The molecule has 126 valence electrons. The van der Waals surface area contributed by atoms with E-state index in [0.717, 1.165) is 12.8 Å². The number of rotatable bonds is 3. The Morgan fingerprint density at radius 2 is 1.79 bits per heavy atom. The van der Waals surface area contributed by atoms with Gasteiger partial charge in [-0.05, 0) is 24.1 Å². The van der Waals surface area contributed by atoms with E-state index in [-0.39, 0.29) is 17.3 Å². The molecule has 0 atom stereocenters. The summed E-state index contributed by atoms with van der Waals surface area (Å²) in [6.45, 7) is 0. The lowest BCUT2D eigenvalue weighted by Gasteiger charge is -2.25. The van der Waals surface area contributed by atoms with Crippen LogP contribution in [0, 0.1) is 5.92 Å². The molecule has 3 aliphatic rings. The van der Waals surface area contributed by atoms with Gasteiger partial charge in [0.25, 0.3) is 5.78 Å². The highest BCUT2D eigenvalue weighted by Crippen LogP contribution is 2.32. The first-order chi connectivity index (χ1) is 11.6. The van der Waals surface area contributed by atoms with E-state index in [1.54, 1.807) is 0 Å². The molecular weight excluding hydrogens is 308 g/mol. The van der Waals surface area contributed by atoms with Crippen molar-refractivity contribution in [2.75, 3.05) is 7.11 Å². The van der Waals surface area contributed by atoms with Crippen LogP contribution in [0.15, 0.2) is 47.2 Å². The van der Waals surface area contributed by atoms with Crippen LogP contribution in [0.1, 0.15) is 38.5 Å². The van der Waals surface area contributed by atoms with E-state index >= 15 is 0 Å². The molecule has 0 aromatic carbocycles. The second-order valence-corrected chi connectivity index (χ2v) is 6.31. The van der Waals surface area contributed by atoms with Gasteiger partial charge in [0.05, 0.1) is 7.11 Å².